The number of hydrogen-bond donors (Lipinski definition) is 2. The second-order valence-electron chi connectivity index (χ2n) is 14.0. The number of nitrogens with zero attached hydrogens (tertiary/aromatic N) is 2. The average Bonchev–Trinajstić information content (AvgIpc) is 3.28. The summed E-state index contributed by atoms with van der Waals surface area (Å²) in [6.07, 6.45) is 0.0270. The van der Waals surface area contributed by atoms with Gasteiger partial charge in [0, 0.05) is 0 Å². The van der Waals surface area contributed by atoms with Gasteiger partial charge >= 0.3 is 22.8 Å². The molecule has 2 saturated carbocycles. The molecule has 0 unspecified atom stereocenters. The fourth-order valence-electron chi connectivity index (χ4n) is 7.35. The summed E-state index contributed by atoms with van der Waals surface area (Å²) < 4.78 is 46.1. The van der Waals surface area contributed by atoms with Crippen LogP contribution in [0.15, 0.2) is 68.7 Å². The van der Waals surface area contributed by atoms with Gasteiger partial charge in [0.1, 0.15) is 11.7 Å². The number of aromatic nitrogens is 2. The topological polar surface area (TPSA) is 206 Å². The number of aliphatic hydroxyl groups is 2. The number of ether oxygens (including phenoxy) is 3. The van der Waals surface area contributed by atoms with E-state index in [4.69, 9.17) is 14.2 Å². The van der Waals surface area contributed by atoms with Gasteiger partial charge in [-0.1, -0.05) is 63.5 Å². The predicted molar refractivity (Wildman–Crippen MR) is 177 cm³/mol. The van der Waals surface area contributed by atoms with Gasteiger partial charge in [-0.2, -0.15) is 0 Å². The lowest BCUT2D eigenvalue weighted by molar-refractivity contribution is -0.832. The maximum atomic E-state index is 13.7. The number of sulfone groups is 1. The summed E-state index contributed by atoms with van der Waals surface area (Å²) >= 11 is 0. The van der Waals surface area contributed by atoms with Crippen molar-refractivity contribution in [2.45, 2.75) is 87.5 Å². The van der Waals surface area contributed by atoms with Crippen LogP contribution in [0.3, 0.4) is 0 Å². The van der Waals surface area contributed by atoms with Crippen LogP contribution >= 0.6 is 0 Å². The molecule has 14 nitrogen and oxygen atoms in total. The number of fused-ring (bicyclic) bond motifs is 2. The molecule has 0 radical (unpaired) electrons. The number of allylic oxidation sites excluding steroid dienone is 1. The van der Waals surface area contributed by atoms with Crippen molar-refractivity contribution >= 4 is 27.6 Å². The average molecular weight is 727 g/mol. The summed E-state index contributed by atoms with van der Waals surface area (Å²) in [5, 5.41) is 37.5. The molecule has 2 N–H and O–H groups in total. The number of hydrogen-bond acceptors (Lipinski definition) is 13. The molecule has 0 amide bonds. The molecule has 2 aromatic rings. The highest BCUT2D eigenvalue weighted by Gasteiger charge is 2.61. The third-order valence-corrected chi connectivity index (χ3v) is 12.0. The van der Waals surface area contributed by atoms with E-state index in [0.29, 0.717) is 17.6 Å². The molecule has 3 aliphatic carbocycles. The molecule has 0 bridgehead atoms. The largest absolute Gasteiger partial charge is 0.457 e. The summed E-state index contributed by atoms with van der Waals surface area (Å²) in [6, 6.07) is 7.16. The Morgan fingerprint density at radius 1 is 1.16 bits per heavy atom. The van der Waals surface area contributed by atoms with E-state index in [-0.39, 0.29) is 52.9 Å². The van der Waals surface area contributed by atoms with Crippen molar-refractivity contribution in [1.29, 1.82) is 0 Å². The summed E-state index contributed by atoms with van der Waals surface area (Å²) in [4.78, 5) is 38.7. The molecule has 274 valence electrons. The van der Waals surface area contributed by atoms with Gasteiger partial charge < -0.3 is 29.6 Å². The standard InChI is InChI=1S/C36H42N2O12S/c1-21-13-14-25-26(35(25,4)5)19-22(2)32(42)36(43)20-23(3)30(41)29(36)31(21)49-28(40)16-15-27(39)47-17-9-10-18-48-33-34(38(44)50-37-33)51(45,46)24-11-7-6-8-12-24/h6-8,11-12,19,23,25-26,29-31,41,43H,1,13-18,20H2,2-5H3/b22-19+/t23-,25-,26+,29+,30-,31-,36+/m0/s1. The highest BCUT2D eigenvalue weighted by atomic mass is 32.2. The number of aliphatic hydroxyl groups excluding tert-OH is 1. The van der Waals surface area contributed by atoms with Crippen LogP contribution in [0.1, 0.15) is 59.8 Å². The first-order chi connectivity index (χ1) is 24.0. The van der Waals surface area contributed by atoms with Crippen LogP contribution in [0.25, 0.3) is 0 Å². The van der Waals surface area contributed by atoms with Gasteiger partial charge in [-0.15, -0.1) is 0 Å². The fourth-order valence-corrected chi connectivity index (χ4v) is 8.64. The minimum Gasteiger partial charge on any atom is -0.457 e. The summed E-state index contributed by atoms with van der Waals surface area (Å²) in [7, 11) is -4.30. The zero-order chi connectivity index (χ0) is 37.3. The molecule has 1 aromatic heterocycles. The molecular weight excluding hydrogens is 684 g/mol. The lowest BCUT2D eigenvalue weighted by Crippen LogP contribution is -2.52. The first kappa shape index (κ1) is 37.7. The highest BCUT2D eigenvalue weighted by Crippen LogP contribution is 2.62. The van der Waals surface area contributed by atoms with Gasteiger partial charge in [0.2, 0.25) is 0 Å². The van der Waals surface area contributed by atoms with Crippen LogP contribution in [0, 0.1) is 46.1 Å². The van der Waals surface area contributed by atoms with Crippen LogP contribution in [-0.4, -0.2) is 72.5 Å². The maximum Gasteiger partial charge on any atom is 0.415 e. The number of esters is 2. The quantitative estimate of drug-likeness (QED) is 0.165. The van der Waals surface area contributed by atoms with Crippen molar-refractivity contribution < 1.29 is 56.8 Å². The third kappa shape index (κ3) is 7.58. The number of ketones is 1. The lowest BCUT2D eigenvalue weighted by Gasteiger charge is -2.36. The molecule has 3 aliphatic rings. The molecule has 7 atom stereocenters. The van der Waals surface area contributed by atoms with Crippen molar-refractivity contribution in [3.63, 3.8) is 0 Å². The van der Waals surface area contributed by atoms with Crippen LogP contribution in [0.4, 0.5) is 0 Å². The summed E-state index contributed by atoms with van der Waals surface area (Å²) in [5.74, 6) is 1.16. The minimum absolute atomic E-state index is 0.00868. The maximum absolute atomic E-state index is 13.7. The molecule has 51 heavy (non-hydrogen) atoms. The first-order valence-corrected chi connectivity index (χ1v) is 18.1. The Balaban J connectivity index is 1.15. The van der Waals surface area contributed by atoms with Crippen molar-refractivity contribution in [3.05, 3.63) is 59.3 Å². The number of carbonyl (C=O) groups excluding carboxylic acids is 3. The lowest BCUT2D eigenvalue weighted by atomic mass is 9.77. The Morgan fingerprint density at radius 3 is 2.53 bits per heavy atom. The van der Waals surface area contributed by atoms with Gasteiger partial charge in [0.05, 0.1) is 34.9 Å². The minimum atomic E-state index is -4.30. The summed E-state index contributed by atoms with van der Waals surface area (Å²) in [5.41, 5.74) is -1.12. The molecule has 1 heterocycles. The number of carbonyl (C=O) groups is 3. The zero-order valence-electron chi connectivity index (χ0n) is 28.9. The second kappa shape index (κ2) is 14.6. The van der Waals surface area contributed by atoms with Crippen LogP contribution in [0.5, 0.6) is 5.88 Å². The Kier molecular flexibility index (Phi) is 10.8. The first-order valence-electron chi connectivity index (χ1n) is 16.6. The molecule has 0 spiro atoms. The zero-order valence-corrected chi connectivity index (χ0v) is 29.7. The van der Waals surface area contributed by atoms with Gasteiger partial charge in [0.15, 0.2) is 19.0 Å². The smallest absolute Gasteiger partial charge is 0.415 e. The molecule has 0 aliphatic heterocycles. The molecule has 0 saturated heterocycles. The van der Waals surface area contributed by atoms with Crippen molar-refractivity contribution in [3.8, 4) is 17.7 Å². The van der Waals surface area contributed by atoms with E-state index in [2.05, 4.69) is 42.1 Å². The van der Waals surface area contributed by atoms with E-state index >= 15 is 0 Å². The Hall–Kier alpha value is -4.52. The SMILES string of the molecule is C=C1CC[C@H]2[C@@H](/C=C(\C)C(=O)[C@@]3(O)C[C@H](C)[C@H](O)[C@@H]3[C@H]1OC(=O)CCC(=O)OCC#CCOc1no[n+]([O-])c1S(=O)(=O)c1ccccc1)C2(C)C. The van der Waals surface area contributed by atoms with E-state index in [1.54, 1.807) is 19.9 Å². The second-order valence-corrected chi connectivity index (χ2v) is 15.9. The van der Waals surface area contributed by atoms with Crippen molar-refractivity contribution in [2.75, 3.05) is 13.2 Å². The Labute approximate surface area is 295 Å². The predicted octanol–water partition coefficient (Wildman–Crippen LogP) is 2.64. The molecule has 15 heteroatoms. The molecule has 1 aromatic carbocycles. The van der Waals surface area contributed by atoms with E-state index in [1.165, 1.54) is 24.3 Å². The van der Waals surface area contributed by atoms with Gasteiger partial charge in [-0.3, -0.25) is 19.0 Å². The Bertz CT molecular complexity index is 1890. The van der Waals surface area contributed by atoms with Crippen LogP contribution in [0.2, 0.25) is 0 Å². The van der Waals surface area contributed by atoms with E-state index in [0.717, 1.165) is 6.42 Å². The van der Waals surface area contributed by atoms with Gasteiger partial charge in [0.25, 0.3) is 9.84 Å². The van der Waals surface area contributed by atoms with Gasteiger partial charge in [-0.25, -0.2) is 8.42 Å². The molecular formula is C36H42N2O12S. The van der Waals surface area contributed by atoms with E-state index < -0.39 is 74.7 Å². The molecule has 5 rings (SSSR count). The number of Topliss-reactive ketones (excluding diaryl/α,β-unsaturated/α-hetero) is 1. The fraction of sp³-hybridized carbons (Fsp3) is 0.528. The summed E-state index contributed by atoms with van der Waals surface area (Å²) in [6.45, 7) is 11.0. The monoisotopic (exact) mass is 726 g/mol. The van der Waals surface area contributed by atoms with Crippen LogP contribution in [-0.2, 0) is 33.7 Å². The number of benzene rings is 1. The molecule has 2 fully saturated rings. The normalized spacial score (nSPS) is 29.6. The van der Waals surface area contributed by atoms with Gasteiger partial charge in [-0.05, 0) is 77.5 Å². The van der Waals surface area contributed by atoms with Crippen molar-refractivity contribution in [2.24, 2.45) is 29.1 Å². The third-order valence-electron chi connectivity index (χ3n) is 10.3. The van der Waals surface area contributed by atoms with E-state index in [9.17, 15) is 38.2 Å². The Morgan fingerprint density at radius 2 is 1.82 bits per heavy atom. The van der Waals surface area contributed by atoms with Crippen LogP contribution < -0.4 is 9.64 Å². The van der Waals surface area contributed by atoms with Crippen molar-refractivity contribution in [1.82, 2.24) is 5.16 Å². The van der Waals surface area contributed by atoms with E-state index in [1.807, 2.05) is 6.08 Å². The number of rotatable bonds is 9. The highest BCUT2D eigenvalue weighted by molar-refractivity contribution is 7.91.